The highest BCUT2D eigenvalue weighted by molar-refractivity contribution is 5.56. The first-order chi connectivity index (χ1) is 19.9. The maximum absolute atomic E-state index is 13.7. The van der Waals surface area contributed by atoms with Crippen molar-refractivity contribution in [2.24, 2.45) is 5.41 Å². The van der Waals surface area contributed by atoms with E-state index in [1.807, 2.05) is 19.2 Å². The fourth-order valence-electron chi connectivity index (χ4n) is 6.23. The smallest absolute Gasteiger partial charge is 0.188 e. The summed E-state index contributed by atoms with van der Waals surface area (Å²) in [5, 5.41) is 3.60. The lowest BCUT2D eigenvalue weighted by atomic mass is 9.61. The third-order valence-corrected chi connectivity index (χ3v) is 8.35. The first-order valence-corrected chi connectivity index (χ1v) is 14.5. The molecule has 1 aromatic carbocycles. The second kappa shape index (κ2) is 11.9. The van der Waals surface area contributed by atoms with E-state index in [1.54, 1.807) is 18.6 Å². The van der Waals surface area contributed by atoms with Gasteiger partial charge < -0.3 is 29.3 Å². The molecule has 1 N–H and O–H groups in total. The maximum Gasteiger partial charge on any atom is 0.188 e. The van der Waals surface area contributed by atoms with Crippen LogP contribution in [0.15, 0.2) is 43.0 Å². The topological polar surface area (TPSA) is 84.9 Å². The molecule has 41 heavy (non-hydrogen) atoms. The van der Waals surface area contributed by atoms with Gasteiger partial charge in [0.2, 0.25) is 0 Å². The van der Waals surface area contributed by atoms with E-state index in [2.05, 4.69) is 44.2 Å². The van der Waals surface area contributed by atoms with Crippen molar-refractivity contribution >= 4 is 5.82 Å². The number of ether oxygens (including phenoxy) is 3. The molecule has 1 aliphatic carbocycles. The predicted octanol–water partition coefficient (Wildman–Crippen LogP) is 4.18. The van der Waals surface area contributed by atoms with Gasteiger partial charge in [-0.3, -0.25) is 4.98 Å². The quantitative estimate of drug-likeness (QED) is 0.346. The van der Waals surface area contributed by atoms with Gasteiger partial charge in [-0.2, -0.15) is 0 Å². The molecule has 4 heterocycles. The van der Waals surface area contributed by atoms with Gasteiger partial charge in [-0.1, -0.05) is 6.92 Å². The highest BCUT2D eigenvalue weighted by atomic mass is 19.1. The molecule has 0 amide bonds. The second-order valence-electron chi connectivity index (χ2n) is 11.7. The van der Waals surface area contributed by atoms with Crippen molar-refractivity contribution in [1.82, 2.24) is 25.2 Å². The van der Waals surface area contributed by atoms with Crippen LogP contribution in [0.1, 0.15) is 42.6 Å². The number of hydrogen-bond acceptors (Lipinski definition) is 9. The number of aryl methyl sites for hydroxylation is 1. The molecule has 2 aliphatic heterocycles. The van der Waals surface area contributed by atoms with Gasteiger partial charge in [0.05, 0.1) is 31.1 Å². The van der Waals surface area contributed by atoms with Crippen LogP contribution in [0.25, 0.3) is 0 Å². The fourth-order valence-corrected chi connectivity index (χ4v) is 6.23. The lowest BCUT2D eigenvalue weighted by Gasteiger charge is -2.59. The zero-order chi connectivity index (χ0) is 28.4. The summed E-state index contributed by atoms with van der Waals surface area (Å²) in [5.74, 6) is 2.65. The van der Waals surface area contributed by atoms with Crippen LogP contribution < -0.4 is 19.7 Å². The van der Waals surface area contributed by atoms with E-state index in [0.717, 1.165) is 73.8 Å². The molecule has 3 aliphatic rings. The minimum Gasteiger partial charge on any atom is -0.490 e. The first kappa shape index (κ1) is 27.8. The van der Waals surface area contributed by atoms with E-state index in [4.69, 9.17) is 14.2 Å². The Morgan fingerprint density at radius 1 is 1.12 bits per heavy atom. The third kappa shape index (κ3) is 6.00. The average molecular weight is 563 g/mol. The summed E-state index contributed by atoms with van der Waals surface area (Å²) in [6.45, 7) is 6.85. The Morgan fingerprint density at radius 3 is 2.78 bits per heavy atom. The zero-order valence-electron chi connectivity index (χ0n) is 24.1. The first-order valence-electron chi connectivity index (χ1n) is 14.5. The minimum atomic E-state index is -0.266. The highest BCUT2D eigenvalue weighted by Crippen LogP contribution is 2.52. The van der Waals surface area contributed by atoms with E-state index in [9.17, 15) is 4.39 Å². The molecule has 10 heteroatoms. The molecule has 1 saturated heterocycles. The molecule has 2 fully saturated rings. The standard InChI is InChI=1S/C31H39FN6O3/c1-4-21-13-22(32)5-6-26(21)41-28-16-33-20-36-30(28)38-18-31(19-38)14-23(15-31)40-27-8-10-34-24-7-9-35-25(29(24)27)17-39-12-11-37(2)3/h5-6,8,10,13,16,20,23,25,35H,4,7,9,11-12,14-15,17-19H2,1-3H3. The van der Waals surface area contributed by atoms with E-state index in [0.29, 0.717) is 31.1 Å². The molecule has 218 valence electrons. The molecule has 1 atom stereocenters. The van der Waals surface area contributed by atoms with Crippen LogP contribution in [0.3, 0.4) is 0 Å². The number of fused-ring (bicyclic) bond motifs is 1. The number of benzene rings is 1. The van der Waals surface area contributed by atoms with E-state index in [1.165, 1.54) is 12.1 Å². The van der Waals surface area contributed by atoms with Gasteiger partial charge in [0.15, 0.2) is 11.6 Å². The normalized spacial score (nSPS) is 19.5. The van der Waals surface area contributed by atoms with Crippen LogP contribution >= 0.6 is 0 Å². The van der Waals surface area contributed by atoms with E-state index >= 15 is 0 Å². The minimum absolute atomic E-state index is 0.0864. The Labute approximate surface area is 241 Å². The summed E-state index contributed by atoms with van der Waals surface area (Å²) in [4.78, 5) is 17.7. The van der Waals surface area contributed by atoms with Gasteiger partial charge in [0.25, 0.3) is 0 Å². The van der Waals surface area contributed by atoms with Crippen LogP contribution in [-0.2, 0) is 17.6 Å². The van der Waals surface area contributed by atoms with Crippen LogP contribution in [0.2, 0.25) is 0 Å². The molecule has 9 nitrogen and oxygen atoms in total. The average Bonchev–Trinajstić information content (AvgIpc) is 2.93. The van der Waals surface area contributed by atoms with Crippen molar-refractivity contribution in [1.29, 1.82) is 0 Å². The summed E-state index contributed by atoms with van der Waals surface area (Å²) >= 11 is 0. The van der Waals surface area contributed by atoms with Gasteiger partial charge in [0.1, 0.15) is 29.7 Å². The van der Waals surface area contributed by atoms with E-state index < -0.39 is 0 Å². The molecular weight excluding hydrogens is 523 g/mol. The van der Waals surface area contributed by atoms with Gasteiger partial charge in [-0.05, 0) is 63.2 Å². The lowest BCUT2D eigenvalue weighted by molar-refractivity contribution is -0.0354. The number of nitrogens with zero attached hydrogens (tertiary/aromatic N) is 5. The Hall–Kier alpha value is -3.34. The SMILES string of the molecule is CCc1cc(F)ccc1Oc1cncnc1N1CC2(CC(Oc3ccnc4c3C(COCCN(C)C)NCC4)C2)C1. The summed E-state index contributed by atoms with van der Waals surface area (Å²) < 4.78 is 32.5. The number of aromatic nitrogens is 3. The van der Waals surface area contributed by atoms with Crippen LogP contribution in [0.4, 0.5) is 10.2 Å². The number of anilines is 1. The van der Waals surface area contributed by atoms with Crippen molar-refractivity contribution < 1.29 is 18.6 Å². The largest absolute Gasteiger partial charge is 0.490 e. The van der Waals surface area contributed by atoms with Crippen molar-refractivity contribution in [3.05, 3.63) is 65.6 Å². The summed E-state index contributed by atoms with van der Waals surface area (Å²) in [6, 6.07) is 6.69. The number of nitrogens with one attached hydrogen (secondary N) is 1. The Balaban J connectivity index is 1.07. The molecule has 1 saturated carbocycles. The van der Waals surface area contributed by atoms with Crippen molar-refractivity contribution in [3.63, 3.8) is 0 Å². The van der Waals surface area contributed by atoms with Crippen molar-refractivity contribution in [3.8, 4) is 17.2 Å². The molecule has 1 spiro atoms. The molecule has 0 bridgehead atoms. The molecule has 1 unspecified atom stereocenters. The third-order valence-electron chi connectivity index (χ3n) is 8.35. The summed E-state index contributed by atoms with van der Waals surface area (Å²) in [7, 11) is 4.10. The van der Waals surface area contributed by atoms with Gasteiger partial charge >= 0.3 is 0 Å². The van der Waals surface area contributed by atoms with Gasteiger partial charge in [-0.15, -0.1) is 0 Å². The Kier molecular flexibility index (Phi) is 8.05. The Morgan fingerprint density at radius 2 is 1.98 bits per heavy atom. The number of hydrogen-bond donors (Lipinski definition) is 1. The summed E-state index contributed by atoms with van der Waals surface area (Å²) in [6.07, 6.45) is 8.83. The highest BCUT2D eigenvalue weighted by Gasteiger charge is 2.54. The predicted molar refractivity (Wildman–Crippen MR) is 154 cm³/mol. The molecular formula is C31H39FN6O3. The van der Waals surface area contributed by atoms with E-state index in [-0.39, 0.29) is 23.4 Å². The van der Waals surface area contributed by atoms with Crippen LogP contribution in [0.5, 0.6) is 17.2 Å². The number of likely N-dealkylation sites (N-methyl/N-ethyl adjacent to an activating group) is 1. The lowest BCUT2D eigenvalue weighted by Crippen LogP contribution is -2.65. The van der Waals surface area contributed by atoms with Crippen molar-refractivity contribution in [2.45, 2.75) is 44.8 Å². The fraction of sp³-hybridized carbons (Fsp3) is 0.516. The Bertz CT molecular complexity index is 1360. The van der Waals surface area contributed by atoms with Crippen LogP contribution in [0, 0.1) is 11.2 Å². The summed E-state index contributed by atoms with van der Waals surface area (Å²) in [5.41, 5.74) is 3.29. The molecule has 2 aromatic heterocycles. The van der Waals surface area contributed by atoms with Gasteiger partial charge in [0, 0.05) is 49.8 Å². The molecule has 3 aromatic rings. The molecule has 6 rings (SSSR count). The van der Waals surface area contributed by atoms with Crippen LogP contribution in [-0.4, -0.2) is 79.4 Å². The van der Waals surface area contributed by atoms with Gasteiger partial charge in [-0.25, -0.2) is 14.4 Å². The second-order valence-corrected chi connectivity index (χ2v) is 11.7. The zero-order valence-corrected chi connectivity index (χ0v) is 24.1. The number of pyridine rings is 1. The monoisotopic (exact) mass is 562 g/mol. The van der Waals surface area contributed by atoms with Crippen molar-refractivity contribution in [2.75, 3.05) is 58.4 Å². The maximum atomic E-state index is 13.7. The number of halogens is 1. The molecule has 0 radical (unpaired) electrons. The number of rotatable bonds is 11.